The summed E-state index contributed by atoms with van der Waals surface area (Å²) in [4.78, 5) is 26.8. The first-order valence-electron chi connectivity index (χ1n) is 12.5. The number of urea groups is 1. The molecular weight excluding hydrogens is 544 g/mol. The summed E-state index contributed by atoms with van der Waals surface area (Å²) in [5.41, 5.74) is 0.665. The van der Waals surface area contributed by atoms with Gasteiger partial charge in [-0.3, -0.25) is 0 Å². The lowest BCUT2D eigenvalue weighted by atomic mass is 10.2. The maximum absolute atomic E-state index is 14.0. The minimum atomic E-state index is -0.712. The van der Waals surface area contributed by atoms with E-state index in [1.807, 2.05) is 0 Å². The molecule has 3 amide bonds. The molecule has 0 saturated heterocycles. The van der Waals surface area contributed by atoms with Crippen molar-refractivity contribution in [3.05, 3.63) is 88.4 Å². The van der Waals surface area contributed by atoms with Crippen LogP contribution in [0.2, 0.25) is 5.02 Å². The number of ether oxygens (including phenoxy) is 3. The van der Waals surface area contributed by atoms with Crippen molar-refractivity contribution in [1.82, 2.24) is 10.2 Å². The second-order valence-electron chi connectivity index (χ2n) is 9.77. The zero-order valence-corrected chi connectivity index (χ0v) is 23.5. The number of nitrogens with zero attached hydrogens (tertiary/aromatic N) is 1. The summed E-state index contributed by atoms with van der Waals surface area (Å²) in [6, 6.07) is 14.7. The van der Waals surface area contributed by atoms with E-state index in [1.54, 1.807) is 63.2 Å². The van der Waals surface area contributed by atoms with E-state index in [0.29, 0.717) is 27.8 Å². The van der Waals surface area contributed by atoms with Gasteiger partial charge in [-0.15, -0.1) is 0 Å². The molecule has 8 nitrogen and oxygen atoms in total. The zero-order chi connectivity index (χ0) is 29.3. The lowest BCUT2D eigenvalue weighted by molar-refractivity contribution is 0.0523. The third-order valence-corrected chi connectivity index (χ3v) is 5.78. The van der Waals surface area contributed by atoms with Gasteiger partial charge in [0.1, 0.15) is 23.8 Å². The predicted molar refractivity (Wildman–Crippen MR) is 149 cm³/mol. The zero-order valence-electron chi connectivity index (χ0n) is 22.7. The van der Waals surface area contributed by atoms with Crippen LogP contribution < -0.4 is 20.1 Å². The Balaban J connectivity index is 1.73. The lowest BCUT2D eigenvalue weighted by Gasteiger charge is -2.25. The summed E-state index contributed by atoms with van der Waals surface area (Å²) < 4.78 is 43.6. The summed E-state index contributed by atoms with van der Waals surface area (Å²) >= 11 is 6.21. The maximum atomic E-state index is 14.0. The molecule has 11 heteroatoms. The summed E-state index contributed by atoms with van der Waals surface area (Å²) in [6.45, 7) is 5.57. The van der Waals surface area contributed by atoms with Gasteiger partial charge >= 0.3 is 12.1 Å². The van der Waals surface area contributed by atoms with Gasteiger partial charge in [-0.1, -0.05) is 29.8 Å². The minimum absolute atomic E-state index is 0.131. The number of benzene rings is 3. The van der Waals surface area contributed by atoms with E-state index < -0.39 is 29.4 Å². The predicted octanol–water partition coefficient (Wildman–Crippen LogP) is 6.76. The van der Waals surface area contributed by atoms with Crippen LogP contribution in [0.5, 0.6) is 11.5 Å². The van der Waals surface area contributed by atoms with Crippen molar-refractivity contribution in [2.24, 2.45) is 0 Å². The number of methoxy groups -OCH3 is 1. The molecule has 0 heterocycles. The molecule has 0 bridgehead atoms. The largest absolute Gasteiger partial charge is 0.493 e. The van der Waals surface area contributed by atoms with Gasteiger partial charge in [0.05, 0.1) is 17.8 Å². The molecule has 3 aromatic rings. The van der Waals surface area contributed by atoms with Gasteiger partial charge in [-0.05, 0) is 62.7 Å². The number of hydrogen-bond acceptors (Lipinski definition) is 5. The fourth-order valence-corrected chi connectivity index (χ4v) is 3.74. The molecule has 0 atom stereocenters. The molecule has 40 heavy (non-hydrogen) atoms. The number of carbonyl (C=O) groups is 2. The van der Waals surface area contributed by atoms with Gasteiger partial charge in [0.25, 0.3) is 0 Å². The quantitative estimate of drug-likeness (QED) is 0.279. The van der Waals surface area contributed by atoms with E-state index in [4.69, 9.17) is 25.8 Å². The van der Waals surface area contributed by atoms with Gasteiger partial charge in [0, 0.05) is 31.3 Å². The van der Waals surface area contributed by atoms with E-state index in [9.17, 15) is 18.4 Å². The molecule has 0 unspecified atom stereocenters. The van der Waals surface area contributed by atoms with Crippen LogP contribution in [0.3, 0.4) is 0 Å². The number of anilines is 1. The Bertz CT molecular complexity index is 1330. The van der Waals surface area contributed by atoms with Crippen LogP contribution in [0.15, 0.2) is 60.7 Å². The monoisotopic (exact) mass is 575 g/mol. The van der Waals surface area contributed by atoms with Crippen LogP contribution >= 0.6 is 11.6 Å². The molecule has 3 aromatic carbocycles. The number of carbonyl (C=O) groups excluding carboxylic acids is 2. The Morgan fingerprint density at radius 1 is 1.00 bits per heavy atom. The molecule has 0 spiro atoms. The van der Waals surface area contributed by atoms with E-state index in [0.717, 1.165) is 12.1 Å². The normalized spacial score (nSPS) is 11.0. The molecule has 0 aliphatic heterocycles. The third kappa shape index (κ3) is 9.30. The van der Waals surface area contributed by atoms with Crippen molar-refractivity contribution in [3.8, 4) is 11.5 Å². The van der Waals surface area contributed by atoms with Gasteiger partial charge in [0.15, 0.2) is 11.5 Å². The summed E-state index contributed by atoms with van der Waals surface area (Å²) in [7, 11) is 1.46. The number of halogens is 3. The van der Waals surface area contributed by atoms with E-state index in [-0.39, 0.29) is 31.8 Å². The first-order valence-corrected chi connectivity index (χ1v) is 12.8. The van der Waals surface area contributed by atoms with E-state index in [1.165, 1.54) is 18.1 Å². The molecule has 214 valence electrons. The Labute approximate surface area is 237 Å². The fraction of sp³-hybridized carbons (Fsp3) is 0.310. The van der Waals surface area contributed by atoms with Gasteiger partial charge in [-0.25, -0.2) is 18.4 Å². The van der Waals surface area contributed by atoms with Crippen LogP contribution in [-0.4, -0.2) is 42.8 Å². The molecule has 0 fully saturated rings. The fourth-order valence-electron chi connectivity index (χ4n) is 3.56. The first kappa shape index (κ1) is 30.5. The van der Waals surface area contributed by atoms with Gasteiger partial charge in [-0.2, -0.15) is 0 Å². The van der Waals surface area contributed by atoms with Crippen molar-refractivity contribution < 1.29 is 32.6 Å². The SMILES string of the molecule is COc1cc(CN(CCNC(=O)OC(C)(C)C)C(=O)Nc2ccccc2Cl)ccc1OCc1ccc(F)cc1F. The van der Waals surface area contributed by atoms with Crippen molar-refractivity contribution in [1.29, 1.82) is 0 Å². The average Bonchev–Trinajstić information content (AvgIpc) is 2.88. The number of alkyl carbamates (subject to hydrolysis) is 1. The highest BCUT2D eigenvalue weighted by Gasteiger charge is 2.19. The molecule has 2 N–H and O–H groups in total. The van der Waals surface area contributed by atoms with Crippen LogP contribution in [0.1, 0.15) is 31.9 Å². The third-order valence-electron chi connectivity index (χ3n) is 5.45. The Kier molecular flexibility index (Phi) is 10.6. The van der Waals surface area contributed by atoms with Crippen LogP contribution in [0.25, 0.3) is 0 Å². The molecule has 3 rings (SSSR count). The average molecular weight is 576 g/mol. The Hall–Kier alpha value is -4.05. The highest BCUT2D eigenvalue weighted by molar-refractivity contribution is 6.33. The van der Waals surface area contributed by atoms with Gasteiger partial charge in [0.2, 0.25) is 0 Å². The van der Waals surface area contributed by atoms with Crippen molar-refractivity contribution in [2.75, 3.05) is 25.5 Å². The number of nitrogens with one attached hydrogen (secondary N) is 2. The molecular formula is C29H32ClF2N3O5. The second kappa shape index (κ2) is 13.8. The van der Waals surface area contributed by atoms with Crippen molar-refractivity contribution in [2.45, 2.75) is 39.5 Å². The van der Waals surface area contributed by atoms with Crippen LogP contribution in [-0.2, 0) is 17.9 Å². The second-order valence-corrected chi connectivity index (χ2v) is 10.2. The van der Waals surface area contributed by atoms with E-state index >= 15 is 0 Å². The van der Waals surface area contributed by atoms with Gasteiger partial charge < -0.3 is 29.7 Å². The highest BCUT2D eigenvalue weighted by Crippen LogP contribution is 2.30. The molecule has 0 saturated carbocycles. The summed E-state index contributed by atoms with van der Waals surface area (Å²) in [6.07, 6.45) is -0.597. The maximum Gasteiger partial charge on any atom is 0.407 e. The summed E-state index contributed by atoms with van der Waals surface area (Å²) in [5.74, 6) is -0.685. The standard InChI is InChI=1S/C29H32ClF2N3O5/c1-29(2,3)40-28(37)33-13-14-35(27(36)34-24-8-6-5-7-22(24)30)17-19-9-12-25(26(15-19)38-4)39-18-20-10-11-21(31)16-23(20)32/h5-12,15-16H,13-14,17-18H2,1-4H3,(H,33,37)(H,34,36). The highest BCUT2D eigenvalue weighted by atomic mass is 35.5. The van der Waals surface area contributed by atoms with Crippen LogP contribution in [0, 0.1) is 11.6 Å². The first-order chi connectivity index (χ1) is 18.9. The minimum Gasteiger partial charge on any atom is -0.493 e. The summed E-state index contributed by atoms with van der Waals surface area (Å²) in [5, 5.41) is 5.82. The smallest absolute Gasteiger partial charge is 0.407 e. The Morgan fingerprint density at radius 2 is 1.75 bits per heavy atom. The number of amides is 3. The number of para-hydroxylation sites is 1. The molecule has 0 radical (unpaired) electrons. The topological polar surface area (TPSA) is 89.1 Å². The van der Waals surface area contributed by atoms with Crippen molar-refractivity contribution >= 4 is 29.4 Å². The van der Waals surface area contributed by atoms with E-state index in [2.05, 4.69) is 10.6 Å². The molecule has 0 aliphatic carbocycles. The van der Waals surface area contributed by atoms with Crippen molar-refractivity contribution in [3.63, 3.8) is 0 Å². The number of hydrogen-bond donors (Lipinski definition) is 2. The molecule has 0 aliphatic rings. The molecule has 0 aromatic heterocycles. The Morgan fingerprint density at radius 3 is 2.42 bits per heavy atom. The number of rotatable bonds is 10. The van der Waals surface area contributed by atoms with Crippen LogP contribution in [0.4, 0.5) is 24.1 Å². The lowest BCUT2D eigenvalue weighted by Crippen LogP contribution is -2.41.